The van der Waals surface area contributed by atoms with Crippen LogP contribution in [0.3, 0.4) is 0 Å². The van der Waals surface area contributed by atoms with Gasteiger partial charge in [0, 0.05) is 13.1 Å². The minimum atomic E-state index is -0.762. The normalized spacial score (nSPS) is 20.8. The number of carboxylic acid groups (broad SMARTS) is 1. The molecule has 4 rings (SSSR count). The van der Waals surface area contributed by atoms with Gasteiger partial charge >= 0.3 is 12.1 Å². The summed E-state index contributed by atoms with van der Waals surface area (Å²) in [5.74, 6) is -0.0300. The number of aryl methyl sites for hydroxylation is 2. The number of carbonyl (C=O) groups excluding carboxylic acids is 1. The van der Waals surface area contributed by atoms with E-state index in [1.165, 1.54) is 0 Å². The van der Waals surface area contributed by atoms with E-state index in [2.05, 4.69) is 10.1 Å². The first-order chi connectivity index (χ1) is 16.3. The summed E-state index contributed by atoms with van der Waals surface area (Å²) in [6.45, 7) is 3.71. The molecule has 0 bridgehead atoms. The van der Waals surface area contributed by atoms with E-state index in [9.17, 15) is 14.7 Å². The second-order valence-electron chi connectivity index (χ2n) is 9.40. The summed E-state index contributed by atoms with van der Waals surface area (Å²) in [5, 5.41) is 13.4. The number of rotatable bonds is 7. The molecule has 2 fully saturated rings. The minimum absolute atomic E-state index is 0.0538. The van der Waals surface area contributed by atoms with Crippen molar-refractivity contribution in [1.29, 1.82) is 0 Å². The van der Waals surface area contributed by atoms with Gasteiger partial charge in [-0.3, -0.25) is 4.79 Å². The molecule has 0 radical (unpaired) electrons. The molecule has 0 saturated heterocycles. The van der Waals surface area contributed by atoms with Gasteiger partial charge in [-0.1, -0.05) is 18.0 Å². The zero-order chi connectivity index (χ0) is 24.2. The Bertz CT molecular complexity index is 1030. The first-order valence-electron chi connectivity index (χ1n) is 12.1. The van der Waals surface area contributed by atoms with Gasteiger partial charge < -0.3 is 24.0 Å². The maximum absolute atomic E-state index is 12.5. The van der Waals surface area contributed by atoms with Crippen LogP contribution in [-0.4, -0.2) is 51.4 Å². The van der Waals surface area contributed by atoms with E-state index in [1.807, 2.05) is 19.9 Å². The summed E-state index contributed by atoms with van der Waals surface area (Å²) in [7, 11) is 1.79. The maximum Gasteiger partial charge on any atom is 0.410 e. The standard InChI is InChI=1S/C25H33N3O6/c1-15-20(14-32-25(31)28(3)18-8-4-5-9-18)23(34-27-15)21-11-12-22(16(2)26-21)33-19-10-6-7-17(13-19)24(29)30/h11-12,17-19H,4-10,13-14H2,1-3H3,(H,29,30)/t17-,19+/m0/s1. The molecule has 2 aliphatic carbocycles. The molecule has 2 atom stereocenters. The summed E-state index contributed by atoms with van der Waals surface area (Å²) in [6, 6.07) is 3.85. The van der Waals surface area contributed by atoms with E-state index in [0.29, 0.717) is 47.0 Å². The first kappa shape index (κ1) is 24.0. The second-order valence-corrected chi connectivity index (χ2v) is 9.40. The molecule has 0 aromatic carbocycles. The summed E-state index contributed by atoms with van der Waals surface area (Å²) in [4.78, 5) is 30.2. The van der Waals surface area contributed by atoms with Crippen LogP contribution >= 0.6 is 0 Å². The smallest absolute Gasteiger partial charge is 0.410 e. The number of amides is 1. The lowest BCUT2D eigenvalue weighted by Crippen LogP contribution is -2.35. The molecule has 0 aliphatic heterocycles. The highest BCUT2D eigenvalue weighted by atomic mass is 16.6. The van der Waals surface area contributed by atoms with Crippen LogP contribution in [0.2, 0.25) is 0 Å². The Morgan fingerprint density at radius 3 is 2.59 bits per heavy atom. The molecule has 2 heterocycles. The summed E-state index contributed by atoms with van der Waals surface area (Å²) in [6.07, 6.45) is 6.68. The van der Waals surface area contributed by atoms with Crippen molar-refractivity contribution < 1.29 is 28.7 Å². The maximum atomic E-state index is 12.5. The van der Waals surface area contributed by atoms with Crippen molar-refractivity contribution in [1.82, 2.24) is 15.0 Å². The molecule has 2 aliphatic rings. The lowest BCUT2D eigenvalue weighted by atomic mass is 9.87. The third-order valence-corrected chi connectivity index (χ3v) is 7.02. The largest absolute Gasteiger partial charge is 0.489 e. The Morgan fingerprint density at radius 2 is 1.88 bits per heavy atom. The van der Waals surface area contributed by atoms with Gasteiger partial charge in [-0.25, -0.2) is 9.78 Å². The van der Waals surface area contributed by atoms with Crippen molar-refractivity contribution in [3.63, 3.8) is 0 Å². The minimum Gasteiger partial charge on any atom is -0.489 e. The molecule has 34 heavy (non-hydrogen) atoms. The molecular formula is C25H33N3O6. The lowest BCUT2D eigenvalue weighted by Gasteiger charge is -2.27. The Balaban J connectivity index is 1.43. The molecule has 0 unspecified atom stereocenters. The number of aliphatic carboxylic acids is 1. The topological polar surface area (TPSA) is 115 Å². The molecule has 1 amide bonds. The Kier molecular flexibility index (Phi) is 7.38. The average molecular weight is 472 g/mol. The number of carboxylic acids is 1. The van der Waals surface area contributed by atoms with E-state index in [0.717, 1.165) is 38.5 Å². The molecule has 184 valence electrons. The van der Waals surface area contributed by atoms with Crippen LogP contribution in [0.4, 0.5) is 4.79 Å². The number of aromatic nitrogens is 2. The monoisotopic (exact) mass is 471 g/mol. The molecular weight excluding hydrogens is 438 g/mol. The van der Waals surface area contributed by atoms with Gasteiger partial charge in [0.2, 0.25) is 0 Å². The molecule has 2 aromatic heterocycles. The third kappa shape index (κ3) is 5.34. The predicted molar refractivity (Wildman–Crippen MR) is 123 cm³/mol. The highest BCUT2D eigenvalue weighted by molar-refractivity contribution is 5.70. The zero-order valence-electron chi connectivity index (χ0n) is 20.1. The first-order valence-corrected chi connectivity index (χ1v) is 12.1. The molecule has 1 N–H and O–H groups in total. The fourth-order valence-corrected chi connectivity index (χ4v) is 4.89. The van der Waals surface area contributed by atoms with Crippen LogP contribution in [0.5, 0.6) is 5.75 Å². The van der Waals surface area contributed by atoms with Crippen LogP contribution in [0.25, 0.3) is 11.5 Å². The molecule has 9 nitrogen and oxygen atoms in total. The number of pyridine rings is 1. The van der Waals surface area contributed by atoms with Crippen molar-refractivity contribution in [3.8, 4) is 17.2 Å². The van der Waals surface area contributed by atoms with Crippen molar-refractivity contribution >= 4 is 12.1 Å². The van der Waals surface area contributed by atoms with Gasteiger partial charge in [0.05, 0.1) is 29.0 Å². The third-order valence-electron chi connectivity index (χ3n) is 7.02. The quantitative estimate of drug-likeness (QED) is 0.607. The summed E-state index contributed by atoms with van der Waals surface area (Å²) >= 11 is 0. The van der Waals surface area contributed by atoms with Crippen LogP contribution < -0.4 is 4.74 Å². The molecule has 2 aromatic rings. The van der Waals surface area contributed by atoms with E-state index >= 15 is 0 Å². The van der Waals surface area contributed by atoms with Gasteiger partial charge in [0.25, 0.3) is 0 Å². The van der Waals surface area contributed by atoms with Crippen molar-refractivity contribution in [2.45, 2.75) is 84.0 Å². The highest BCUT2D eigenvalue weighted by Gasteiger charge is 2.29. The van der Waals surface area contributed by atoms with E-state index in [4.69, 9.17) is 14.0 Å². The highest BCUT2D eigenvalue weighted by Crippen LogP contribution is 2.32. The van der Waals surface area contributed by atoms with Gasteiger partial charge in [-0.2, -0.15) is 0 Å². The molecule has 2 saturated carbocycles. The summed E-state index contributed by atoms with van der Waals surface area (Å²) < 4.78 is 17.2. The second kappa shape index (κ2) is 10.4. The lowest BCUT2D eigenvalue weighted by molar-refractivity contribution is -0.143. The Labute approximate surface area is 199 Å². The molecule has 9 heteroatoms. The summed E-state index contributed by atoms with van der Waals surface area (Å²) in [5.41, 5.74) is 2.58. The van der Waals surface area contributed by atoms with Gasteiger partial charge in [0.1, 0.15) is 18.1 Å². The van der Waals surface area contributed by atoms with Crippen LogP contribution in [-0.2, 0) is 16.1 Å². The fraction of sp³-hybridized carbons (Fsp3) is 0.600. The van der Waals surface area contributed by atoms with E-state index in [-0.39, 0.29) is 30.8 Å². The van der Waals surface area contributed by atoms with Crippen molar-refractivity contribution in [2.75, 3.05) is 7.05 Å². The van der Waals surface area contributed by atoms with Crippen LogP contribution in [0.15, 0.2) is 16.7 Å². The van der Waals surface area contributed by atoms with E-state index < -0.39 is 5.97 Å². The number of carbonyl (C=O) groups is 2. The van der Waals surface area contributed by atoms with Crippen LogP contribution in [0, 0.1) is 19.8 Å². The number of ether oxygens (including phenoxy) is 2. The van der Waals surface area contributed by atoms with Crippen LogP contribution in [0.1, 0.15) is 68.3 Å². The van der Waals surface area contributed by atoms with Crippen molar-refractivity contribution in [3.05, 3.63) is 29.1 Å². The predicted octanol–water partition coefficient (Wildman–Crippen LogP) is 4.89. The van der Waals surface area contributed by atoms with Crippen molar-refractivity contribution in [2.24, 2.45) is 5.92 Å². The zero-order valence-corrected chi connectivity index (χ0v) is 20.1. The average Bonchev–Trinajstić information content (AvgIpc) is 3.48. The van der Waals surface area contributed by atoms with Gasteiger partial charge in [-0.15, -0.1) is 0 Å². The van der Waals surface area contributed by atoms with E-state index in [1.54, 1.807) is 18.0 Å². The van der Waals surface area contributed by atoms with Gasteiger partial charge in [0.15, 0.2) is 5.76 Å². The van der Waals surface area contributed by atoms with Gasteiger partial charge in [-0.05, 0) is 64.5 Å². The SMILES string of the molecule is Cc1nc(-c2onc(C)c2COC(=O)N(C)C2CCCC2)ccc1O[C@@H]1CCC[C@H](C(=O)O)C1. The number of hydrogen-bond acceptors (Lipinski definition) is 7. The fourth-order valence-electron chi connectivity index (χ4n) is 4.89. The molecule has 0 spiro atoms. The Hall–Kier alpha value is -3.10. The number of nitrogens with zero attached hydrogens (tertiary/aromatic N) is 3. The Morgan fingerprint density at radius 1 is 1.12 bits per heavy atom. The number of hydrogen-bond donors (Lipinski definition) is 1.